The molecule has 0 atom stereocenters. The number of benzene rings is 2. The normalized spacial score (nSPS) is 16.6. The van der Waals surface area contributed by atoms with E-state index in [4.69, 9.17) is 14.7 Å². The van der Waals surface area contributed by atoms with Crippen molar-refractivity contribution < 1.29 is 14.1 Å². The maximum atomic E-state index is 13.8. The molecule has 1 aromatic heterocycles. The fraction of sp³-hybridized carbons (Fsp3) is 0.407. The molecule has 0 N–H and O–H groups in total. The van der Waals surface area contributed by atoms with Crippen LogP contribution in [0, 0.1) is 28.8 Å². The molecule has 0 spiro atoms. The number of nitro groups is 1. The molecule has 8 nitrogen and oxygen atoms in total. The van der Waals surface area contributed by atoms with Crippen LogP contribution >= 0.6 is 0 Å². The average molecular weight is 492 g/mol. The van der Waals surface area contributed by atoms with E-state index in [9.17, 15) is 14.5 Å². The zero-order valence-corrected chi connectivity index (χ0v) is 20.6. The van der Waals surface area contributed by atoms with Crippen LogP contribution in [-0.2, 0) is 19.5 Å². The van der Waals surface area contributed by atoms with Crippen molar-refractivity contribution in [3.05, 3.63) is 80.8 Å². The number of aryl methyl sites for hydroxylation is 1. The Morgan fingerprint density at radius 1 is 1.11 bits per heavy atom. The van der Waals surface area contributed by atoms with Gasteiger partial charge in [-0.05, 0) is 55.0 Å². The van der Waals surface area contributed by atoms with Gasteiger partial charge in [0.15, 0.2) is 0 Å². The van der Waals surface area contributed by atoms with Crippen molar-refractivity contribution in [2.75, 3.05) is 24.5 Å². The van der Waals surface area contributed by atoms with Crippen molar-refractivity contribution in [2.24, 2.45) is 5.92 Å². The maximum Gasteiger partial charge on any atom is 0.269 e. The smallest absolute Gasteiger partial charge is 0.269 e. The number of aromatic nitrogens is 2. The number of nitro benzene ring substituents is 1. The molecule has 2 aliphatic rings. The van der Waals surface area contributed by atoms with E-state index in [-0.39, 0.29) is 16.4 Å². The van der Waals surface area contributed by atoms with Gasteiger partial charge in [-0.15, -0.1) is 0 Å². The van der Waals surface area contributed by atoms with Gasteiger partial charge >= 0.3 is 0 Å². The Balaban J connectivity index is 1.42. The number of ether oxygens (including phenoxy) is 1. The molecule has 0 aliphatic carbocycles. The van der Waals surface area contributed by atoms with Gasteiger partial charge < -0.3 is 9.64 Å². The van der Waals surface area contributed by atoms with Crippen LogP contribution in [0.25, 0.3) is 0 Å². The number of piperidine rings is 1. The van der Waals surface area contributed by atoms with Crippen LogP contribution in [0.2, 0.25) is 0 Å². The van der Waals surface area contributed by atoms with Crippen LogP contribution in [0.4, 0.5) is 16.0 Å². The molecule has 1 saturated heterocycles. The number of hydrogen-bond acceptors (Lipinski definition) is 7. The minimum atomic E-state index is -0.389. The number of anilines is 1. The molecule has 5 rings (SSSR count). The third kappa shape index (κ3) is 5.31. The summed E-state index contributed by atoms with van der Waals surface area (Å²) in [5.41, 5.74) is 3.51. The number of nitrogens with zero attached hydrogens (tertiary/aromatic N) is 5. The first-order valence-electron chi connectivity index (χ1n) is 12.4. The lowest BCUT2D eigenvalue weighted by molar-refractivity contribution is -0.384. The van der Waals surface area contributed by atoms with E-state index >= 15 is 0 Å². The van der Waals surface area contributed by atoms with Gasteiger partial charge in [-0.2, -0.15) is 4.98 Å². The number of halogens is 1. The fourth-order valence-electron chi connectivity index (χ4n) is 4.77. The Kier molecular flexibility index (Phi) is 6.82. The molecular formula is C27H30FN5O3. The first-order chi connectivity index (χ1) is 17.4. The quantitative estimate of drug-likeness (QED) is 0.336. The van der Waals surface area contributed by atoms with Crippen molar-refractivity contribution in [1.82, 2.24) is 14.9 Å². The van der Waals surface area contributed by atoms with Gasteiger partial charge in [-0.1, -0.05) is 19.1 Å². The SMILES string of the molecule is Cc1cc(Oc2nc(N3CCC(C)CC3)nc3c2CN(Cc2ccc([N+](=O)[O-])cc2)CC3)ccc1F. The molecule has 1 fully saturated rings. The van der Waals surface area contributed by atoms with E-state index in [0.717, 1.165) is 55.7 Å². The van der Waals surface area contributed by atoms with E-state index in [1.54, 1.807) is 31.2 Å². The van der Waals surface area contributed by atoms with E-state index in [2.05, 4.69) is 16.7 Å². The zero-order chi connectivity index (χ0) is 25.2. The first-order valence-corrected chi connectivity index (χ1v) is 12.4. The Hall–Kier alpha value is -3.59. The summed E-state index contributed by atoms with van der Waals surface area (Å²) in [7, 11) is 0. The predicted octanol–water partition coefficient (Wildman–Crippen LogP) is 5.42. The number of fused-ring (bicyclic) bond motifs is 1. The van der Waals surface area contributed by atoms with Gasteiger partial charge in [0.1, 0.15) is 11.6 Å². The Morgan fingerprint density at radius 2 is 1.86 bits per heavy atom. The Morgan fingerprint density at radius 3 is 2.56 bits per heavy atom. The molecule has 0 radical (unpaired) electrons. The van der Waals surface area contributed by atoms with Crippen LogP contribution in [-0.4, -0.2) is 39.4 Å². The van der Waals surface area contributed by atoms with Crippen LogP contribution < -0.4 is 9.64 Å². The minimum Gasteiger partial charge on any atom is -0.438 e. The minimum absolute atomic E-state index is 0.0843. The molecule has 188 valence electrons. The van der Waals surface area contributed by atoms with Gasteiger partial charge in [0.25, 0.3) is 5.69 Å². The molecular weight excluding hydrogens is 461 g/mol. The highest BCUT2D eigenvalue weighted by atomic mass is 19.1. The van der Waals surface area contributed by atoms with Gasteiger partial charge in [0.2, 0.25) is 11.8 Å². The summed E-state index contributed by atoms with van der Waals surface area (Å²) in [6, 6.07) is 11.4. The lowest BCUT2D eigenvalue weighted by atomic mass is 9.99. The highest BCUT2D eigenvalue weighted by Gasteiger charge is 2.27. The van der Waals surface area contributed by atoms with E-state index in [0.29, 0.717) is 42.1 Å². The number of non-ortho nitro benzene ring substituents is 1. The summed E-state index contributed by atoms with van der Waals surface area (Å²) in [5, 5.41) is 11.0. The highest BCUT2D eigenvalue weighted by Crippen LogP contribution is 2.33. The van der Waals surface area contributed by atoms with Crippen molar-refractivity contribution >= 4 is 11.6 Å². The lowest BCUT2D eigenvalue weighted by Crippen LogP contribution is -2.36. The van der Waals surface area contributed by atoms with E-state index in [1.165, 1.54) is 18.2 Å². The molecule has 2 aliphatic heterocycles. The lowest BCUT2D eigenvalue weighted by Gasteiger charge is -2.33. The fourth-order valence-corrected chi connectivity index (χ4v) is 4.77. The molecule has 2 aromatic carbocycles. The van der Waals surface area contributed by atoms with Crippen molar-refractivity contribution in [3.63, 3.8) is 0 Å². The molecule has 0 saturated carbocycles. The maximum absolute atomic E-state index is 13.8. The van der Waals surface area contributed by atoms with Gasteiger partial charge in [0.05, 0.1) is 16.2 Å². The highest BCUT2D eigenvalue weighted by molar-refractivity contribution is 5.44. The molecule has 0 bridgehead atoms. The summed E-state index contributed by atoms with van der Waals surface area (Å²) in [4.78, 5) is 24.9. The van der Waals surface area contributed by atoms with Gasteiger partial charge in [0, 0.05) is 51.3 Å². The molecule has 36 heavy (non-hydrogen) atoms. The monoisotopic (exact) mass is 491 g/mol. The average Bonchev–Trinajstić information content (AvgIpc) is 2.87. The van der Waals surface area contributed by atoms with Gasteiger partial charge in [-0.3, -0.25) is 15.0 Å². The van der Waals surface area contributed by atoms with Crippen LogP contribution in [0.5, 0.6) is 11.6 Å². The third-order valence-corrected chi connectivity index (χ3v) is 7.05. The Labute approximate surface area is 209 Å². The second-order valence-corrected chi connectivity index (χ2v) is 9.82. The second-order valence-electron chi connectivity index (χ2n) is 9.82. The topological polar surface area (TPSA) is 84.6 Å². The van der Waals surface area contributed by atoms with Crippen molar-refractivity contribution in [3.8, 4) is 11.6 Å². The van der Waals surface area contributed by atoms with Gasteiger partial charge in [-0.25, -0.2) is 9.37 Å². The molecule has 9 heteroatoms. The first kappa shape index (κ1) is 24.1. The number of rotatable bonds is 6. The van der Waals surface area contributed by atoms with E-state index < -0.39 is 0 Å². The third-order valence-electron chi connectivity index (χ3n) is 7.05. The molecule has 3 heterocycles. The summed E-state index contributed by atoms with van der Waals surface area (Å²) in [6.07, 6.45) is 2.97. The predicted molar refractivity (Wildman–Crippen MR) is 135 cm³/mol. The molecule has 0 amide bonds. The van der Waals surface area contributed by atoms with Crippen molar-refractivity contribution in [2.45, 2.75) is 46.2 Å². The van der Waals surface area contributed by atoms with Crippen LogP contribution in [0.15, 0.2) is 42.5 Å². The summed E-state index contributed by atoms with van der Waals surface area (Å²) in [5.74, 6) is 2.17. The largest absolute Gasteiger partial charge is 0.438 e. The second kappa shape index (κ2) is 10.2. The summed E-state index contributed by atoms with van der Waals surface area (Å²) in [6.45, 7) is 7.88. The molecule has 0 unspecified atom stereocenters. The number of hydrogen-bond donors (Lipinski definition) is 0. The van der Waals surface area contributed by atoms with Crippen molar-refractivity contribution in [1.29, 1.82) is 0 Å². The van der Waals surface area contributed by atoms with E-state index in [1.807, 2.05) is 0 Å². The van der Waals surface area contributed by atoms with Crippen LogP contribution in [0.1, 0.15) is 42.1 Å². The molecule has 3 aromatic rings. The Bertz CT molecular complexity index is 1260. The standard InChI is InChI=1S/C27H30FN5O3/c1-18-9-13-32(14-10-18)27-29-25-11-12-31(16-20-3-5-21(6-4-20)33(34)35)17-23(25)26(30-27)36-22-7-8-24(28)19(2)15-22/h3-8,15,18H,9-14,16-17H2,1-2H3. The summed E-state index contributed by atoms with van der Waals surface area (Å²) < 4.78 is 20.1. The van der Waals surface area contributed by atoms with Crippen LogP contribution in [0.3, 0.4) is 0 Å². The summed E-state index contributed by atoms with van der Waals surface area (Å²) >= 11 is 0. The zero-order valence-electron chi connectivity index (χ0n) is 20.6.